The Kier molecular flexibility index (Phi) is 4.97. The largest absolute Gasteiger partial charge is 0.322 e. The van der Waals surface area contributed by atoms with E-state index in [0.29, 0.717) is 24.6 Å². The third kappa shape index (κ3) is 3.49. The Balaban J connectivity index is 1.49. The highest BCUT2D eigenvalue weighted by molar-refractivity contribution is 6.05. The first-order valence-electron chi connectivity index (χ1n) is 9.78. The molecule has 0 radical (unpaired) electrons. The third-order valence-electron chi connectivity index (χ3n) is 5.93. The highest BCUT2D eigenvalue weighted by atomic mass is 16.2. The minimum Gasteiger partial charge on any atom is -0.322 e. The molecule has 2 atom stereocenters. The minimum absolute atomic E-state index is 0.113. The lowest BCUT2D eigenvalue weighted by Crippen LogP contribution is -2.52. The van der Waals surface area contributed by atoms with Crippen LogP contribution in [0.5, 0.6) is 0 Å². The lowest BCUT2D eigenvalue weighted by molar-refractivity contribution is -0.136. The standard InChI is InChI=1S/C20H26N4O3/c1-2-23(15-7-8-21-10-15)11-13-3-4-16-14(9-13)12-24(20(16)27)17-5-6-18(25)22-19(17)26/h3-4,9,15,17,21H,2,5-8,10-12H2,1H3,(H,22,25,26)/t15-,17?/m0/s1. The summed E-state index contributed by atoms with van der Waals surface area (Å²) in [4.78, 5) is 40.4. The summed E-state index contributed by atoms with van der Waals surface area (Å²) in [5.74, 6) is -0.735. The van der Waals surface area contributed by atoms with Gasteiger partial charge in [0, 0.05) is 37.7 Å². The van der Waals surface area contributed by atoms with Gasteiger partial charge in [-0.25, -0.2) is 0 Å². The molecule has 3 aliphatic heterocycles. The van der Waals surface area contributed by atoms with E-state index < -0.39 is 6.04 Å². The van der Waals surface area contributed by atoms with Crippen molar-refractivity contribution < 1.29 is 14.4 Å². The van der Waals surface area contributed by atoms with Crippen molar-refractivity contribution in [2.75, 3.05) is 19.6 Å². The van der Waals surface area contributed by atoms with Crippen molar-refractivity contribution in [1.29, 1.82) is 0 Å². The zero-order valence-corrected chi connectivity index (χ0v) is 15.7. The molecule has 1 aromatic rings. The van der Waals surface area contributed by atoms with Crippen LogP contribution in [0.4, 0.5) is 0 Å². The zero-order chi connectivity index (χ0) is 19.0. The summed E-state index contributed by atoms with van der Waals surface area (Å²) in [5.41, 5.74) is 2.84. The smallest absolute Gasteiger partial charge is 0.255 e. The van der Waals surface area contributed by atoms with E-state index >= 15 is 0 Å². The summed E-state index contributed by atoms with van der Waals surface area (Å²) in [6.45, 7) is 6.57. The van der Waals surface area contributed by atoms with Gasteiger partial charge >= 0.3 is 0 Å². The van der Waals surface area contributed by atoms with Gasteiger partial charge in [0.25, 0.3) is 5.91 Å². The Hall–Kier alpha value is -2.25. The molecule has 7 heteroatoms. The number of fused-ring (bicyclic) bond motifs is 1. The molecule has 144 valence electrons. The number of carbonyl (C=O) groups excluding carboxylic acids is 3. The van der Waals surface area contributed by atoms with Gasteiger partial charge < -0.3 is 10.2 Å². The molecule has 0 bridgehead atoms. The Morgan fingerprint density at radius 3 is 2.78 bits per heavy atom. The van der Waals surface area contributed by atoms with Crippen LogP contribution in [0, 0.1) is 0 Å². The minimum atomic E-state index is -0.553. The lowest BCUT2D eigenvalue weighted by Gasteiger charge is -2.29. The fourth-order valence-electron chi connectivity index (χ4n) is 4.41. The molecular formula is C20H26N4O3. The lowest BCUT2D eigenvalue weighted by atomic mass is 10.0. The maximum absolute atomic E-state index is 12.8. The number of hydrogen-bond acceptors (Lipinski definition) is 5. The number of hydrogen-bond donors (Lipinski definition) is 2. The molecule has 3 aliphatic rings. The Morgan fingerprint density at radius 1 is 1.22 bits per heavy atom. The quantitative estimate of drug-likeness (QED) is 0.743. The van der Waals surface area contributed by atoms with Crippen LogP contribution in [0.2, 0.25) is 0 Å². The van der Waals surface area contributed by atoms with E-state index in [1.807, 2.05) is 12.1 Å². The van der Waals surface area contributed by atoms with Gasteiger partial charge in [-0.1, -0.05) is 19.1 Å². The molecule has 2 fully saturated rings. The highest BCUT2D eigenvalue weighted by Gasteiger charge is 2.39. The van der Waals surface area contributed by atoms with Crippen LogP contribution >= 0.6 is 0 Å². The second kappa shape index (κ2) is 7.40. The third-order valence-corrected chi connectivity index (χ3v) is 5.93. The Morgan fingerprint density at radius 2 is 2.07 bits per heavy atom. The van der Waals surface area contributed by atoms with Gasteiger partial charge in [0.05, 0.1) is 0 Å². The van der Waals surface area contributed by atoms with Crippen molar-refractivity contribution in [3.05, 3.63) is 34.9 Å². The number of imide groups is 1. The predicted molar refractivity (Wildman–Crippen MR) is 99.8 cm³/mol. The molecule has 3 amide bonds. The maximum atomic E-state index is 12.8. The van der Waals surface area contributed by atoms with Gasteiger partial charge in [-0.05, 0) is 43.1 Å². The van der Waals surface area contributed by atoms with E-state index in [9.17, 15) is 14.4 Å². The van der Waals surface area contributed by atoms with Gasteiger partial charge in [0.2, 0.25) is 11.8 Å². The summed E-state index contributed by atoms with van der Waals surface area (Å²) in [6, 6.07) is 6.02. The topological polar surface area (TPSA) is 81.8 Å². The summed E-state index contributed by atoms with van der Waals surface area (Å²) >= 11 is 0. The fraction of sp³-hybridized carbons (Fsp3) is 0.550. The van der Waals surface area contributed by atoms with Crippen molar-refractivity contribution >= 4 is 17.7 Å². The molecule has 0 saturated carbocycles. The second-order valence-electron chi connectivity index (χ2n) is 7.60. The van der Waals surface area contributed by atoms with Crippen molar-refractivity contribution in [3.63, 3.8) is 0 Å². The summed E-state index contributed by atoms with van der Waals surface area (Å²) in [6.07, 6.45) is 1.85. The van der Waals surface area contributed by atoms with Crippen LogP contribution in [-0.4, -0.2) is 59.2 Å². The van der Waals surface area contributed by atoms with Crippen LogP contribution in [0.3, 0.4) is 0 Å². The van der Waals surface area contributed by atoms with Crippen molar-refractivity contribution in [3.8, 4) is 0 Å². The second-order valence-corrected chi connectivity index (χ2v) is 7.60. The molecule has 2 saturated heterocycles. The van der Waals surface area contributed by atoms with Crippen LogP contribution in [-0.2, 0) is 22.7 Å². The highest BCUT2D eigenvalue weighted by Crippen LogP contribution is 2.28. The van der Waals surface area contributed by atoms with Crippen molar-refractivity contribution in [2.24, 2.45) is 0 Å². The average molecular weight is 370 g/mol. The molecule has 0 spiro atoms. The molecule has 0 aromatic heterocycles. The number of amides is 3. The van der Waals surface area contributed by atoms with E-state index in [0.717, 1.165) is 31.7 Å². The van der Waals surface area contributed by atoms with Crippen LogP contribution in [0.25, 0.3) is 0 Å². The van der Waals surface area contributed by atoms with E-state index in [-0.39, 0.29) is 24.1 Å². The first-order chi connectivity index (χ1) is 13.1. The number of rotatable bonds is 5. The Bertz CT molecular complexity index is 772. The number of nitrogens with one attached hydrogen (secondary N) is 2. The van der Waals surface area contributed by atoms with Crippen LogP contribution in [0.1, 0.15) is 47.7 Å². The number of carbonyl (C=O) groups is 3. The molecule has 3 heterocycles. The summed E-state index contributed by atoms with van der Waals surface area (Å²) < 4.78 is 0. The summed E-state index contributed by atoms with van der Waals surface area (Å²) in [5, 5.41) is 5.76. The SMILES string of the molecule is CCN(Cc1ccc2c(c1)CN(C1CCC(=O)NC1=O)C2=O)[C@H]1CCNC1. The van der Waals surface area contributed by atoms with E-state index in [1.165, 1.54) is 12.0 Å². The molecule has 2 N–H and O–H groups in total. The molecule has 0 aliphatic carbocycles. The molecule has 1 unspecified atom stereocenters. The maximum Gasteiger partial charge on any atom is 0.255 e. The van der Waals surface area contributed by atoms with Crippen molar-refractivity contribution in [2.45, 2.75) is 51.4 Å². The predicted octanol–water partition coefficient (Wildman–Crippen LogP) is 0.631. The van der Waals surface area contributed by atoms with Crippen molar-refractivity contribution in [1.82, 2.24) is 20.4 Å². The monoisotopic (exact) mass is 370 g/mol. The molecule has 1 aromatic carbocycles. The number of nitrogens with zero attached hydrogens (tertiary/aromatic N) is 2. The van der Waals surface area contributed by atoms with E-state index in [2.05, 4.69) is 28.5 Å². The van der Waals surface area contributed by atoms with Gasteiger partial charge in [-0.2, -0.15) is 0 Å². The van der Waals surface area contributed by atoms with E-state index in [4.69, 9.17) is 0 Å². The molecular weight excluding hydrogens is 344 g/mol. The zero-order valence-electron chi connectivity index (χ0n) is 15.7. The van der Waals surface area contributed by atoms with Gasteiger partial charge in [0.15, 0.2) is 0 Å². The van der Waals surface area contributed by atoms with Crippen LogP contribution < -0.4 is 10.6 Å². The fourth-order valence-corrected chi connectivity index (χ4v) is 4.41. The van der Waals surface area contributed by atoms with Gasteiger partial charge in [-0.3, -0.25) is 24.6 Å². The molecule has 27 heavy (non-hydrogen) atoms. The summed E-state index contributed by atoms with van der Waals surface area (Å²) in [7, 11) is 0. The van der Waals surface area contributed by atoms with Gasteiger partial charge in [-0.15, -0.1) is 0 Å². The number of benzene rings is 1. The Labute approximate surface area is 159 Å². The number of likely N-dealkylation sites (N-methyl/N-ethyl adjacent to an activating group) is 1. The molecule has 7 nitrogen and oxygen atoms in total. The van der Waals surface area contributed by atoms with Gasteiger partial charge in [0.1, 0.15) is 6.04 Å². The van der Waals surface area contributed by atoms with Crippen LogP contribution in [0.15, 0.2) is 18.2 Å². The molecule has 4 rings (SSSR count). The first kappa shape index (κ1) is 18.1. The first-order valence-corrected chi connectivity index (χ1v) is 9.78. The average Bonchev–Trinajstić information content (AvgIpc) is 3.28. The van der Waals surface area contributed by atoms with E-state index in [1.54, 1.807) is 4.90 Å². The number of piperidine rings is 1. The normalized spacial score (nSPS) is 25.3.